The van der Waals surface area contributed by atoms with Gasteiger partial charge in [-0.3, -0.25) is 15.0 Å². The van der Waals surface area contributed by atoms with Crippen molar-refractivity contribution < 1.29 is 27.8 Å². The largest absolute Gasteiger partial charge is 0.426 e. The van der Waals surface area contributed by atoms with Gasteiger partial charge in [0.1, 0.15) is 17.4 Å². The summed E-state index contributed by atoms with van der Waals surface area (Å²) in [6.07, 6.45) is 0. The van der Waals surface area contributed by atoms with Crippen LogP contribution in [0, 0.1) is 11.6 Å². The number of rotatable bonds is 4. The molecule has 0 spiro atoms. The second-order valence-corrected chi connectivity index (χ2v) is 5.97. The van der Waals surface area contributed by atoms with E-state index in [4.69, 9.17) is 9.47 Å². The van der Waals surface area contributed by atoms with E-state index in [1.54, 1.807) is 5.01 Å². The molecule has 0 radical (unpaired) electrons. The van der Waals surface area contributed by atoms with Gasteiger partial charge in [-0.15, -0.1) is 0 Å². The molecular formula is C19H18F2N2O4. The second kappa shape index (κ2) is 8.24. The number of esters is 1. The standard InChI is InChI=1S/C19H18F2N2O4/c1-12(24)27-18-5-2-13(15-4-3-14(20)11-17(15)21)10-16(18)19(25)22-23-6-8-26-9-7-23/h2-5,10-11H,6-9H2,1H3,(H,22,25). The van der Waals surface area contributed by atoms with E-state index < -0.39 is 23.5 Å². The van der Waals surface area contributed by atoms with Crippen molar-refractivity contribution in [1.29, 1.82) is 0 Å². The molecule has 1 heterocycles. The van der Waals surface area contributed by atoms with E-state index in [2.05, 4.69) is 5.43 Å². The monoisotopic (exact) mass is 376 g/mol. The summed E-state index contributed by atoms with van der Waals surface area (Å²) in [5.41, 5.74) is 3.28. The van der Waals surface area contributed by atoms with Crippen LogP contribution in [-0.2, 0) is 9.53 Å². The molecule has 0 aromatic heterocycles. The lowest BCUT2D eigenvalue weighted by atomic mass is 10.0. The number of nitrogens with zero attached hydrogens (tertiary/aromatic N) is 1. The molecule has 0 atom stereocenters. The number of halogens is 2. The van der Waals surface area contributed by atoms with Crippen LogP contribution in [0.4, 0.5) is 8.78 Å². The van der Waals surface area contributed by atoms with Crippen LogP contribution in [0.25, 0.3) is 11.1 Å². The van der Waals surface area contributed by atoms with Gasteiger partial charge in [-0.05, 0) is 29.8 Å². The number of hydrazine groups is 1. The summed E-state index contributed by atoms with van der Waals surface area (Å²) in [4.78, 5) is 24.0. The number of hydrogen-bond donors (Lipinski definition) is 1. The SMILES string of the molecule is CC(=O)Oc1ccc(-c2ccc(F)cc2F)cc1C(=O)NN1CCOCC1. The van der Waals surface area contributed by atoms with Gasteiger partial charge in [0.05, 0.1) is 18.8 Å². The Balaban J connectivity index is 1.94. The molecule has 0 bridgehead atoms. The van der Waals surface area contributed by atoms with Crippen molar-refractivity contribution in [3.8, 4) is 16.9 Å². The first-order valence-corrected chi connectivity index (χ1v) is 8.35. The molecule has 0 unspecified atom stereocenters. The van der Waals surface area contributed by atoms with E-state index in [9.17, 15) is 18.4 Å². The van der Waals surface area contributed by atoms with Crippen LogP contribution in [0.3, 0.4) is 0 Å². The predicted molar refractivity (Wildman–Crippen MR) is 93.0 cm³/mol. The average Bonchev–Trinajstić information content (AvgIpc) is 2.62. The second-order valence-electron chi connectivity index (χ2n) is 5.97. The highest BCUT2D eigenvalue weighted by molar-refractivity contribution is 5.98. The molecule has 8 heteroatoms. The third kappa shape index (κ3) is 4.66. The topological polar surface area (TPSA) is 67.9 Å². The lowest BCUT2D eigenvalue weighted by Gasteiger charge is -2.27. The Morgan fingerprint density at radius 2 is 1.85 bits per heavy atom. The molecule has 2 aromatic carbocycles. The van der Waals surface area contributed by atoms with E-state index >= 15 is 0 Å². The summed E-state index contributed by atoms with van der Waals surface area (Å²) >= 11 is 0. The van der Waals surface area contributed by atoms with Crippen LogP contribution in [0.5, 0.6) is 5.75 Å². The Hall–Kier alpha value is -2.84. The first kappa shape index (κ1) is 18.9. The molecule has 3 rings (SSSR count). The number of morpholine rings is 1. The number of carbonyl (C=O) groups is 2. The lowest BCUT2D eigenvalue weighted by molar-refractivity contribution is -0.131. The fourth-order valence-electron chi connectivity index (χ4n) is 2.72. The first-order chi connectivity index (χ1) is 12.9. The Labute approximate surface area is 154 Å². The highest BCUT2D eigenvalue weighted by Gasteiger charge is 2.20. The Kier molecular flexibility index (Phi) is 5.78. The average molecular weight is 376 g/mol. The zero-order valence-electron chi connectivity index (χ0n) is 14.6. The van der Waals surface area contributed by atoms with Crippen LogP contribution >= 0.6 is 0 Å². The van der Waals surface area contributed by atoms with E-state index in [0.717, 1.165) is 12.1 Å². The van der Waals surface area contributed by atoms with Crippen LogP contribution in [0.1, 0.15) is 17.3 Å². The smallest absolute Gasteiger partial charge is 0.308 e. The fraction of sp³-hybridized carbons (Fsp3) is 0.263. The lowest BCUT2D eigenvalue weighted by Crippen LogP contribution is -2.48. The zero-order chi connectivity index (χ0) is 19.4. The highest BCUT2D eigenvalue weighted by Crippen LogP contribution is 2.29. The number of carbonyl (C=O) groups excluding carboxylic acids is 2. The van der Waals surface area contributed by atoms with Gasteiger partial charge in [-0.25, -0.2) is 13.8 Å². The van der Waals surface area contributed by atoms with Crippen LogP contribution in [-0.4, -0.2) is 43.2 Å². The van der Waals surface area contributed by atoms with Gasteiger partial charge < -0.3 is 9.47 Å². The molecule has 1 amide bonds. The van der Waals surface area contributed by atoms with Crippen molar-refractivity contribution in [2.24, 2.45) is 0 Å². The summed E-state index contributed by atoms with van der Waals surface area (Å²) in [6, 6.07) is 7.50. The molecule has 2 aromatic rings. The number of ether oxygens (including phenoxy) is 2. The highest BCUT2D eigenvalue weighted by atomic mass is 19.1. The minimum absolute atomic E-state index is 0.0551. The molecule has 1 saturated heterocycles. The number of nitrogens with one attached hydrogen (secondary N) is 1. The molecule has 0 aliphatic carbocycles. The summed E-state index contributed by atoms with van der Waals surface area (Å²) in [5.74, 6) is -2.49. The molecule has 0 saturated carbocycles. The van der Waals surface area contributed by atoms with E-state index in [1.165, 1.54) is 31.2 Å². The maximum absolute atomic E-state index is 14.1. The molecule has 1 aliphatic heterocycles. The normalized spacial score (nSPS) is 14.6. The Morgan fingerprint density at radius 3 is 2.52 bits per heavy atom. The van der Waals surface area contributed by atoms with Crippen molar-refractivity contribution >= 4 is 11.9 Å². The maximum Gasteiger partial charge on any atom is 0.308 e. The van der Waals surface area contributed by atoms with Crippen molar-refractivity contribution in [2.75, 3.05) is 26.3 Å². The number of hydrogen-bond acceptors (Lipinski definition) is 5. The van der Waals surface area contributed by atoms with Gasteiger partial charge in [0.25, 0.3) is 5.91 Å². The quantitative estimate of drug-likeness (QED) is 0.656. The van der Waals surface area contributed by atoms with Gasteiger partial charge >= 0.3 is 5.97 Å². The van der Waals surface area contributed by atoms with Crippen LogP contribution in [0.15, 0.2) is 36.4 Å². The van der Waals surface area contributed by atoms with Crippen molar-refractivity contribution in [2.45, 2.75) is 6.92 Å². The summed E-state index contributed by atoms with van der Waals surface area (Å²) in [5, 5.41) is 1.69. The van der Waals surface area contributed by atoms with Gasteiger partial charge in [0, 0.05) is 31.6 Å². The third-order valence-corrected chi connectivity index (χ3v) is 3.99. The predicted octanol–water partition coefficient (Wildman–Crippen LogP) is 2.53. The third-order valence-electron chi connectivity index (χ3n) is 3.99. The Bertz CT molecular complexity index is 867. The molecular weight excluding hydrogens is 358 g/mol. The molecule has 142 valence electrons. The number of benzene rings is 2. The van der Waals surface area contributed by atoms with Gasteiger partial charge in [0.2, 0.25) is 0 Å². The first-order valence-electron chi connectivity index (χ1n) is 8.35. The van der Waals surface area contributed by atoms with Crippen molar-refractivity contribution in [3.63, 3.8) is 0 Å². The zero-order valence-corrected chi connectivity index (χ0v) is 14.6. The molecule has 1 fully saturated rings. The number of amides is 1. The summed E-state index contributed by atoms with van der Waals surface area (Å²) in [6.45, 7) is 3.22. The van der Waals surface area contributed by atoms with Gasteiger partial charge in [0.15, 0.2) is 0 Å². The minimum Gasteiger partial charge on any atom is -0.426 e. The fourth-order valence-corrected chi connectivity index (χ4v) is 2.72. The maximum atomic E-state index is 14.1. The Morgan fingerprint density at radius 1 is 1.11 bits per heavy atom. The molecule has 27 heavy (non-hydrogen) atoms. The summed E-state index contributed by atoms with van der Waals surface area (Å²) in [7, 11) is 0. The van der Waals surface area contributed by atoms with Crippen LogP contribution in [0.2, 0.25) is 0 Å². The van der Waals surface area contributed by atoms with E-state index in [0.29, 0.717) is 31.9 Å². The minimum atomic E-state index is -0.755. The van der Waals surface area contributed by atoms with E-state index in [-0.39, 0.29) is 16.9 Å². The molecule has 1 N–H and O–H groups in total. The molecule has 6 nitrogen and oxygen atoms in total. The van der Waals surface area contributed by atoms with Crippen molar-refractivity contribution in [3.05, 3.63) is 53.6 Å². The van der Waals surface area contributed by atoms with Gasteiger partial charge in [-0.2, -0.15) is 0 Å². The molecule has 1 aliphatic rings. The van der Waals surface area contributed by atoms with Gasteiger partial charge in [-0.1, -0.05) is 6.07 Å². The van der Waals surface area contributed by atoms with Crippen molar-refractivity contribution in [1.82, 2.24) is 10.4 Å². The van der Waals surface area contributed by atoms with E-state index in [1.807, 2.05) is 0 Å². The van der Waals surface area contributed by atoms with Crippen LogP contribution < -0.4 is 10.2 Å². The summed E-state index contributed by atoms with van der Waals surface area (Å²) < 4.78 is 37.6.